The summed E-state index contributed by atoms with van der Waals surface area (Å²) in [7, 11) is -6.97. The van der Waals surface area contributed by atoms with Gasteiger partial charge >= 0.3 is 0 Å². The molecule has 10 heteroatoms. The van der Waals surface area contributed by atoms with Gasteiger partial charge in [0, 0.05) is 38.6 Å². The van der Waals surface area contributed by atoms with Gasteiger partial charge in [-0.2, -0.15) is 8.61 Å². The molecule has 1 amide bonds. The molecule has 0 atom stereocenters. The first-order valence-corrected chi connectivity index (χ1v) is 15.0. The Labute approximate surface area is 208 Å². The molecule has 2 aliphatic heterocycles. The lowest BCUT2D eigenvalue weighted by Crippen LogP contribution is -2.43. The Kier molecular flexibility index (Phi) is 7.95. The monoisotopic (exact) mass is 519 g/mol. The molecule has 2 heterocycles. The molecule has 190 valence electrons. The first-order chi connectivity index (χ1) is 16.7. The van der Waals surface area contributed by atoms with E-state index >= 15 is 0 Å². The third-order valence-electron chi connectivity index (χ3n) is 6.82. The lowest BCUT2D eigenvalue weighted by Gasteiger charge is -2.30. The molecule has 0 radical (unpaired) electrons. The van der Waals surface area contributed by atoms with Gasteiger partial charge in [-0.25, -0.2) is 16.8 Å². The van der Waals surface area contributed by atoms with Crippen molar-refractivity contribution in [1.82, 2.24) is 13.9 Å². The molecular weight excluding hydrogens is 486 g/mol. The van der Waals surface area contributed by atoms with Crippen LogP contribution < -0.4 is 5.32 Å². The quantitative estimate of drug-likeness (QED) is 0.577. The van der Waals surface area contributed by atoms with E-state index in [1.807, 2.05) is 6.92 Å². The molecule has 4 rings (SSSR count). The molecule has 0 bridgehead atoms. The number of aryl methyl sites for hydroxylation is 1. The highest BCUT2D eigenvalue weighted by molar-refractivity contribution is 7.89. The van der Waals surface area contributed by atoms with E-state index in [2.05, 4.69) is 5.32 Å². The number of hydrogen-bond acceptors (Lipinski definition) is 5. The van der Waals surface area contributed by atoms with Crippen molar-refractivity contribution in [2.45, 2.75) is 48.8 Å². The number of nitrogens with one attached hydrogen (secondary N) is 1. The molecule has 0 spiro atoms. The van der Waals surface area contributed by atoms with Gasteiger partial charge in [0.05, 0.1) is 9.79 Å². The van der Waals surface area contributed by atoms with Gasteiger partial charge in [-0.3, -0.25) is 4.79 Å². The molecule has 0 unspecified atom stereocenters. The number of hydrogen-bond donors (Lipinski definition) is 1. The Morgan fingerprint density at radius 3 is 1.83 bits per heavy atom. The second-order valence-corrected chi connectivity index (χ2v) is 13.2. The third-order valence-corrected chi connectivity index (χ3v) is 10.6. The minimum absolute atomic E-state index is 0.0642. The molecule has 2 fully saturated rings. The lowest BCUT2D eigenvalue weighted by molar-refractivity contribution is -0.126. The van der Waals surface area contributed by atoms with Crippen LogP contribution in [-0.4, -0.2) is 64.1 Å². The maximum absolute atomic E-state index is 12.8. The normalized spacial score (nSPS) is 18.5. The molecular formula is C25H33N3O5S2. The predicted molar refractivity (Wildman–Crippen MR) is 134 cm³/mol. The number of carbonyl (C=O) groups is 1. The summed E-state index contributed by atoms with van der Waals surface area (Å²) in [5.74, 6) is -0.280. The van der Waals surface area contributed by atoms with Gasteiger partial charge in [0.15, 0.2) is 0 Å². The van der Waals surface area contributed by atoms with Gasteiger partial charge in [0.25, 0.3) is 0 Å². The fourth-order valence-corrected chi connectivity index (χ4v) is 7.58. The Balaban J connectivity index is 1.24. The molecule has 1 N–H and O–H groups in total. The van der Waals surface area contributed by atoms with Crippen LogP contribution in [0.15, 0.2) is 58.3 Å². The first-order valence-electron chi connectivity index (χ1n) is 12.1. The summed E-state index contributed by atoms with van der Waals surface area (Å²) < 4.78 is 53.9. The summed E-state index contributed by atoms with van der Waals surface area (Å²) in [5.41, 5.74) is 1.95. The van der Waals surface area contributed by atoms with Crippen molar-refractivity contribution in [1.29, 1.82) is 0 Å². The Hall–Kier alpha value is -2.27. The van der Waals surface area contributed by atoms with Crippen molar-refractivity contribution in [3.8, 4) is 0 Å². The Morgan fingerprint density at radius 2 is 1.29 bits per heavy atom. The summed E-state index contributed by atoms with van der Waals surface area (Å²) in [4.78, 5) is 13.2. The fourth-order valence-electron chi connectivity index (χ4n) is 4.60. The van der Waals surface area contributed by atoms with Gasteiger partial charge in [0.2, 0.25) is 26.0 Å². The van der Waals surface area contributed by atoms with Crippen molar-refractivity contribution in [3.05, 3.63) is 59.7 Å². The van der Waals surface area contributed by atoms with Crippen molar-refractivity contribution >= 4 is 26.0 Å². The number of amides is 1. The van der Waals surface area contributed by atoms with E-state index in [0.29, 0.717) is 56.9 Å². The van der Waals surface area contributed by atoms with Crippen LogP contribution >= 0.6 is 0 Å². The number of piperidine rings is 1. The smallest absolute Gasteiger partial charge is 0.243 e. The standard InChI is InChI=1S/C25H33N3O5S2/c1-20-4-8-23(9-5-20)35(32,33)28-18-13-22(14-19-28)25(29)26-15-12-21-6-10-24(11-7-21)34(30,31)27-16-2-3-17-27/h4-11,22H,2-3,12-19H2,1H3,(H,26,29). The van der Waals surface area contributed by atoms with E-state index in [-0.39, 0.29) is 16.7 Å². The van der Waals surface area contributed by atoms with Crippen molar-refractivity contribution in [3.63, 3.8) is 0 Å². The van der Waals surface area contributed by atoms with Gasteiger partial charge < -0.3 is 5.32 Å². The van der Waals surface area contributed by atoms with Crippen LogP contribution in [0.1, 0.15) is 36.8 Å². The molecule has 2 saturated heterocycles. The summed E-state index contributed by atoms with van der Waals surface area (Å²) in [6, 6.07) is 13.7. The average Bonchev–Trinajstić information content (AvgIpc) is 3.41. The number of nitrogens with zero attached hydrogens (tertiary/aromatic N) is 2. The number of rotatable bonds is 8. The van der Waals surface area contributed by atoms with E-state index in [1.54, 1.807) is 48.5 Å². The second kappa shape index (κ2) is 10.8. The van der Waals surface area contributed by atoms with Crippen LogP contribution in [0.5, 0.6) is 0 Å². The lowest BCUT2D eigenvalue weighted by atomic mass is 9.97. The molecule has 0 aliphatic carbocycles. The topological polar surface area (TPSA) is 104 Å². The summed E-state index contributed by atoms with van der Waals surface area (Å²) in [6.07, 6.45) is 3.37. The van der Waals surface area contributed by atoms with Crippen molar-refractivity contribution in [2.24, 2.45) is 5.92 Å². The van der Waals surface area contributed by atoms with E-state index in [4.69, 9.17) is 0 Å². The van der Waals surface area contributed by atoms with Crippen LogP contribution in [0.25, 0.3) is 0 Å². The molecule has 2 aromatic rings. The zero-order valence-electron chi connectivity index (χ0n) is 20.0. The number of benzene rings is 2. The van der Waals surface area contributed by atoms with Crippen LogP contribution in [0.3, 0.4) is 0 Å². The minimum atomic E-state index is -3.54. The van der Waals surface area contributed by atoms with E-state index in [1.165, 1.54) is 8.61 Å². The highest BCUT2D eigenvalue weighted by atomic mass is 32.2. The third kappa shape index (κ3) is 5.94. The zero-order valence-corrected chi connectivity index (χ0v) is 21.7. The summed E-state index contributed by atoms with van der Waals surface area (Å²) in [5, 5.41) is 2.95. The molecule has 0 saturated carbocycles. The fraction of sp³-hybridized carbons (Fsp3) is 0.480. The molecule has 8 nitrogen and oxygen atoms in total. The Morgan fingerprint density at radius 1 is 0.800 bits per heavy atom. The van der Waals surface area contributed by atoms with Crippen LogP contribution in [0.4, 0.5) is 0 Å². The average molecular weight is 520 g/mol. The maximum Gasteiger partial charge on any atom is 0.243 e. The van der Waals surface area contributed by atoms with Crippen LogP contribution in [0.2, 0.25) is 0 Å². The predicted octanol–water partition coefficient (Wildman–Crippen LogP) is 2.54. The molecule has 0 aromatic heterocycles. The molecule has 35 heavy (non-hydrogen) atoms. The largest absolute Gasteiger partial charge is 0.356 e. The second-order valence-electron chi connectivity index (χ2n) is 9.29. The number of carbonyl (C=O) groups excluding carboxylic acids is 1. The van der Waals surface area contributed by atoms with Crippen molar-refractivity contribution in [2.75, 3.05) is 32.7 Å². The van der Waals surface area contributed by atoms with Crippen LogP contribution in [-0.2, 0) is 31.3 Å². The maximum atomic E-state index is 12.8. The van der Waals surface area contributed by atoms with E-state index < -0.39 is 20.0 Å². The van der Waals surface area contributed by atoms with Gasteiger partial charge in [-0.15, -0.1) is 0 Å². The SMILES string of the molecule is Cc1ccc(S(=O)(=O)N2CCC(C(=O)NCCc3ccc(S(=O)(=O)N4CCCC4)cc3)CC2)cc1. The number of sulfonamides is 2. The first kappa shape index (κ1) is 25.8. The van der Waals surface area contributed by atoms with Crippen molar-refractivity contribution < 1.29 is 21.6 Å². The summed E-state index contributed by atoms with van der Waals surface area (Å²) in [6.45, 7) is 4.15. The minimum Gasteiger partial charge on any atom is -0.356 e. The molecule has 2 aromatic carbocycles. The highest BCUT2D eigenvalue weighted by Crippen LogP contribution is 2.24. The Bertz CT molecular complexity index is 1230. The molecule has 2 aliphatic rings. The van der Waals surface area contributed by atoms with Gasteiger partial charge in [0.1, 0.15) is 0 Å². The van der Waals surface area contributed by atoms with E-state index in [9.17, 15) is 21.6 Å². The van der Waals surface area contributed by atoms with Gasteiger partial charge in [-0.1, -0.05) is 29.8 Å². The van der Waals surface area contributed by atoms with Crippen LogP contribution in [0, 0.1) is 12.8 Å². The highest BCUT2D eigenvalue weighted by Gasteiger charge is 2.32. The van der Waals surface area contributed by atoms with E-state index in [0.717, 1.165) is 24.0 Å². The van der Waals surface area contributed by atoms with Gasteiger partial charge in [-0.05, 0) is 68.9 Å². The summed E-state index contributed by atoms with van der Waals surface area (Å²) >= 11 is 0. The zero-order chi connectivity index (χ0) is 25.1.